The van der Waals surface area contributed by atoms with Gasteiger partial charge in [0.25, 0.3) is 0 Å². The average Bonchev–Trinajstić information content (AvgIpc) is 3.12. The summed E-state index contributed by atoms with van der Waals surface area (Å²) in [5.74, 6) is -0.245. The van der Waals surface area contributed by atoms with Crippen LogP contribution in [0.3, 0.4) is 0 Å². The van der Waals surface area contributed by atoms with Crippen molar-refractivity contribution in [1.82, 2.24) is 14.9 Å². The first-order valence-electron chi connectivity index (χ1n) is 7.10. The Morgan fingerprint density at radius 2 is 2.37 bits per heavy atom. The number of hydrogen-bond acceptors (Lipinski definition) is 3. The summed E-state index contributed by atoms with van der Waals surface area (Å²) in [7, 11) is 0. The zero-order chi connectivity index (χ0) is 13.7. The summed E-state index contributed by atoms with van der Waals surface area (Å²) in [6, 6.07) is 0.675. The standard InChI is InChI=1S/C14H23N3O2/c1-11(2-5-14(18)19)6-7-15-8-13-9-16-10-17(13)12-3-4-12/h9-12,15H,2-8H2,1H3,(H,18,19). The van der Waals surface area contributed by atoms with Crippen LogP contribution in [0.5, 0.6) is 0 Å². The second kappa shape index (κ2) is 6.70. The number of carboxylic acid groups (broad SMARTS) is 1. The van der Waals surface area contributed by atoms with Gasteiger partial charge in [-0.15, -0.1) is 0 Å². The molecule has 1 aliphatic carbocycles. The quantitative estimate of drug-likeness (QED) is 0.672. The van der Waals surface area contributed by atoms with Crippen molar-refractivity contribution in [3.8, 4) is 0 Å². The predicted molar refractivity (Wildman–Crippen MR) is 72.9 cm³/mol. The van der Waals surface area contributed by atoms with Gasteiger partial charge in [0, 0.05) is 25.2 Å². The molecule has 1 aromatic heterocycles. The van der Waals surface area contributed by atoms with E-state index in [2.05, 4.69) is 21.8 Å². The molecule has 1 aliphatic rings. The van der Waals surface area contributed by atoms with Crippen molar-refractivity contribution < 1.29 is 9.90 Å². The highest BCUT2D eigenvalue weighted by molar-refractivity contribution is 5.66. The van der Waals surface area contributed by atoms with E-state index in [0.29, 0.717) is 12.0 Å². The van der Waals surface area contributed by atoms with Crippen LogP contribution in [0.2, 0.25) is 0 Å². The van der Waals surface area contributed by atoms with Gasteiger partial charge in [0.05, 0.1) is 12.0 Å². The van der Waals surface area contributed by atoms with Crippen LogP contribution in [-0.2, 0) is 11.3 Å². The molecule has 2 rings (SSSR count). The fraction of sp³-hybridized carbons (Fsp3) is 0.714. The molecular formula is C14H23N3O2. The highest BCUT2D eigenvalue weighted by atomic mass is 16.4. The largest absolute Gasteiger partial charge is 0.481 e. The monoisotopic (exact) mass is 265 g/mol. The van der Waals surface area contributed by atoms with Gasteiger partial charge in [0.15, 0.2) is 0 Å². The molecule has 0 saturated heterocycles. The molecule has 1 atom stereocenters. The Morgan fingerprint density at radius 1 is 1.58 bits per heavy atom. The highest BCUT2D eigenvalue weighted by Crippen LogP contribution is 2.35. The van der Waals surface area contributed by atoms with Gasteiger partial charge in [0.2, 0.25) is 0 Å². The summed E-state index contributed by atoms with van der Waals surface area (Å²) in [6.07, 6.45) is 8.45. The zero-order valence-corrected chi connectivity index (χ0v) is 11.5. The lowest BCUT2D eigenvalue weighted by molar-refractivity contribution is -0.137. The summed E-state index contributed by atoms with van der Waals surface area (Å²) < 4.78 is 2.26. The minimum Gasteiger partial charge on any atom is -0.481 e. The van der Waals surface area contributed by atoms with Gasteiger partial charge in [-0.1, -0.05) is 6.92 Å². The van der Waals surface area contributed by atoms with E-state index < -0.39 is 5.97 Å². The number of nitrogens with zero attached hydrogens (tertiary/aromatic N) is 2. The van der Waals surface area contributed by atoms with E-state index in [1.165, 1.54) is 18.5 Å². The molecule has 106 valence electrons. The minimum atomic E-state index is -0.701. The van der Waals surface area contributed by atoms with E-state index in [0.717, 1.165) is 25.9 Å². The Hall–Kier alpha value is -1.36. The Balaban J connectivity index is 1.61. The number of aromatic nitrogens is 2. The van der Waals surface area contributed by atoms with Crippen LogP contribution in [0.1, 0.15) is 50.8 Å². The number of aliphatic carboxylic acids is 1. The second-order valence-corrected chi connectivity index (χ2v) is 5.53. The molecule has 0 bridgehead atoms. The Bertz CT molecular complexity index is 413. The van der Waals surface area contributed by atoms with E-state index in [-0.39, 0.29) is 6.42 Å². The maximum Gasteiger partial charge on any atom is 0.303 e. The van der Waals surface area contributed by atoms with Crippen LogP contribution in [0, 0.1) is 5.92 Å². The molecule has 1 unspecified atom stereocenters. The number of hydrogen-bond donors (Lipinski definition) is 2. The van der Waals surface area contributed by atoms with E-state index in [4.69, 9.17) is 5.11 Å². The molecule has 1 aromatic rings. The molecule has 1 heterocycles. The number of carboxylic acids is 1. The SMILES string of the molecule is CC(CCNCc1cncn1C1CC1)CCC(=O)O. The maximum absolute atomic E-state index is 10.5. The fourth-order valence-corrected chi connectivity index (χ4v) is 2.23. The summed E-state index contributed by atoms with van der Waals surface area (Å²) in [5.41, 5.74) is 1.25. The molecule has 0 amide bonds. The van der Waals surface area contributed by atoms with Crippen molar-refractivity contribution in [2.24, 2.45) is 5.92 Å². The molecule has 0 spiro atoms. The van der Waals surface area contributed by atoms with Crippen molar-refractivity contribution in [2.75, 3.05) is 6.54 Å². The molecule has 1 saturated carbocycles. The van der Waals surface area contributed by atoms with Crippen molar-refractivity contribution in [3.63, 3.8) is 0 Å². The fourth-order valence-electron chi connectivity index (χ4n) is 2.23. The Labute approximate surface area is 114 Å². The molecule has 1 fully saturated rings. The van der Waals surface area contributed by atoms with Crippen LogP contribution < -0.4 is 5.32 Å². The van der Waals surface area contributed by atoms with Crippen LogP contribution in [0.4, 0.5) is 0 Å². The van der Waals surface area contributed by atoms with Gasteiger partial charge in [0.1, 0.15) is 0 Å². The zero-order valence-electron chi connectivity index (χ0n) is 11.5. The molecule has 0 aliphatic heterocycles. The third-order valence-corrected chi connectivity index (χ3v) is 3.66. The van der Waals surface area contributed by atoms with E-state index in [1.54, 1.807) is 0 Å². The molecule has 0 radical (unpaired) electrons. The molecule has 2 N–H and O–H groups in total. The van der Waals surface area contributed by atoms with E-state index in [9.17, 15) is 4.79 Å². The summed E-state index contributed by atoms with van der Waals surface area (Å²) >= 11 is 0. The van der Waals surface area contributed by atoms with Crippen molar-refractivity contribution in [1.29, 1.82) is 0 Å². The molecular weight excluding hydrogens is 242 g/mol. The number of rotatable bonds is 9. The van der Waals surface area contributed by atoms with Gasteiger partial charge in [-0.05, 0) is 38.1 Å². The summed E-state index contributed by atoms with van der Waals surface area (Å²) in [4.78, 5) is 14.7. The van der Waals surface area contributed by atoms with E-state index in [1.807, 2.05) is 12.5 Å². The molecule has 19 heavy (non-hydrogen) atoms. The van der Waals surface area contributed by atoms with Crippen LogP contribution in [-0.4, -0.2) is 27.2 Å². The van der Waals surface area contributed by atoms with E-state index >= 15 is 0 Å². The van der Waals surface area contributed by atoms with Crippen LogP contribution in [0.25, 0.3) is 0 Å². The topological polar surface area (TPSA) is 67.2 Å². The van der Waals surface area contributed by atoms with Crippen LogP contribution in [0.15, 0.2) is 12.5 Å². The van der Waals surface area contributed by atoms with Gasteiger partial charge in [-0.3, -0.25) is 4.79 Å². The first-order chi connectivity index (χ1) is 9.16. The maximum atomic E-state index is 10.5. The summed E-state index contributed by atoms with van der Waals surface area (Å²) in [5, 5.41) is 12.0. The first kappa shape index (κ1) is 14.1. The highest BCUT2D eigenvalue weighted by Gasteiger charge is 2.24. The minimum absolute atomic E-state index is 0.273. The van der Waals surface area contributed by atoms with Crippen LogP contribution >= 0.6 is 0 Å². The second-order valence-electron chi connectivity index (χ2n) is 5.53. The van der Waals surface area contributed by atoms with Gasteiger partial charge in [-0.2, -0.15) is 0 Å². The Kier molecular flexibility index (Phi) is 4.96. The molecule has 5 nitrogen and oxygen atoms in total. The van der Waals surface area contributed by atoms with Gasteiger partial charge >= 0.3 is 5.97 Å². The number of carbonyl (C=O) groups is 1. The average molecular weight is 265 g/mol. The molecule has 5 heteroatoms. The van der Waals surface area contributed by atoms with Crippen molar-refractivity contribution in [3.05, 3.63) is 18.2 Å². The normalized spacial score (nSPS) is 16.5. The van der Waals surface area contributed by atoms with Crippen molar-refractivity contribution in [2.45, 2.75) is 51.6 Å². The first-order valence-corrected chi connectivity index (χ1v) is 7.10. The Morgan fingerprint density at radius 3 is 3.05 bits per heavy atom. The molecule has 0 aromatic carbocycles. The lowest BCUT2D eigenvalue weighted by Gasteiger charge is -2.11. The van der Waals surface area contributed by atoms with Crippen molar-refractivity contribution >= 4 is 5.97 Å². The number of imidazole rings is 1. The van der Waals surface area contributed by atoms with Gasteiger partial charge in [-0.25, -0.2) is 4.98 Å². The summed E-state index contributed by atoms with van der Waals surface area (Å²) in [6.45, 7) is 3.89. The third kappa shape index (κ3) is 4.67. The third-order valence-electron chi connectivity index (χ3n) is 3.66. The lowest BCUT2D eigenvalue weighted by atomic mass is 10.0. The number of nitrogens with one attached hydrogen (secondary N) is 1. The lowest BCUT2D eigenvalue weighted by Crippen LogP contribution is -2.19. The smallest absolute Gasteiger partial charge is 0.303 e. The van der Waals surface area contributed by atoms with Gasteiger partial charge < -0.3 is 15.0 Å². The predicted octanol–water partition coefficient (Wildman–Crippen LogP) is 2.20.